The molecule has 2 aliphatic heterocycles. The first kappa shape index (κ1) is 20.6. The molecule has 1 amide bonds. The molecule has 28 heavy (non-hydrogen) atoms. The molecule has 0 aromatic heterocycles. The minimum Gasteiger partial charge on any atom is -0.487 e. The molecule has 6 heteroatoms. The second kappa shape index (κ2) is 8.52. The number of likely N-dealkylation sites (tertiary alicyclic amines) is 1. The monoisotopic (exact) mass is 401 g/mol. The number of rotatable bonds is 3. The van der Waals surface area contributed by atoms with E-state index in [0.29, 0.717) is 12.1 Å². The van der Waals surface area contributed by atoms with Crippen LogP contribution >= 0.6 is 12.4 Å². The van der Waals surface area contributed by atoms with Crippen LogP contribution in [0.4, 0.5) is 0 Å². The van der Waals surface area contributed by atoms with Crippen LogP contribution < -0.4 is 15.8 Å². The standard InChI is InChI=1S/C22H27N3O2.ClH/c1-25-12-10-22(11-13-25)14-19(18-4-2-3-5-20(18)27-22)24-21(26)17-8-6-16(15-23)7-9-17;/h2-9,19H,10-15,23H2,1H3,(H,24,26);1H. The third-order valence-electron chi connectivity index (χ3n) is 5.85. The SMILES string of the molecule is CN1CCC2(CC1)CC(NC(=O)c1ccc(CN)cc1)c1ccccc1O2.Cl. The molecule has 2 aliphatic rings. The van der Waals surface area contributed by atoms with Crippen molar-refractivity contribution >= 4 is 18.3 Å². The number of halogens is 1. The van der Waals surface area contributed by atoms with Gasteiger partial charge in [0.05, 0.1) is 6.04 Å². The molecule has 2 aromatic rings. The minimum absolute atomic E-state index is 0. The summed E-state index contributed by atoms with van der Waals surface area (Å²) < 4.78 is 6.46. The summed E-state index contributed by atoms with van der Waals surface area (Å²) in [5.41, 5.74) is 8.20. The van der Waals surface area contributed by atoms with Gasteiger partial charge in [0.25, 0.3) is 5.91 Å². The van der Waals surface area contributed by atoms with E-state index in [2.05, 4.69) is 23.3 Å². The number of para-hydroxylation sites is 1. The smallest absolute Gasteiger partial charge is 0.251 e. The number of hydrogen-bond acceptors (Lipinski definition) is 4. The summed E-state index contributed by atoms with van der Waals surface area (Å²) in [6, 6.07) is 15.5. The van der Waals surface area contributed by atoms with Crippen molar-refractivity contribution < 1.29 is 9.53 Å². The van der Waals surface area contributed by atoms with E-state index < -0.39 is 0 Å². The fourth-order valence-corrected chi connectivity index (χ4v) is 4.11. The van der Waals surface area contributed by atoms with Gasteiger partial charge in [-0.1, -0.05) is 30.3 Å². The van der Waals surface area contributed by atoms with Gasteiger partial charge in [0.15, 0.2) is 0 Å². The van der Waals surface area contributed by atoms with Gasteiger partial charge in [0.2, 0.25) is 0 Å². The number of benzene rings is 2. The second-order valence-electron chi connectivity index (χ2n) is 7.76. The Morgan fingerprint density at radius 1 is 1.18 bits per heavy atom. The number of piperidine rings is 1. The molecule has 0 bridgehead atoms. The van der Waals surface area contributed by atoms with Gasteiger partial charge in [0, 0.05) is 37.2 Å². The molecule has 1 fully saturated rings. The average molecular weight is 402 g/mol. The van der Waals surface area contributed by atoms with E-state index in [1.807, 2.05) is 42.5 Å². The molecule has 150 valence electrons. The Hall–Kier alpha value is -2.08. The van der Waals surface area contributed by atoms with E-state index in [1.165, 1.54) is 0 Å². The molecule has 5 nitrogen and oxygen atoms in total. The zero-order valence-corrected chi connectivity index (χ0v) is 17.0. The lowest BCUT2D eigenvalue weighted by atomic mass is 9.80. The number of fused-ring (bicyclic) bond motifs is 1. The Labute approximate surface area is 172 Å². The lowest BCUT2D eigenvalue weighted by molar-refractivity contribution is -0.0195. The maximum atomic E-state index is 12.9. The Kier molecular flexibility index (Phi) is 6.28. The van der Waals surface area contributed by atoms with Gasteiger partial charge >= 0.3 is 0 Å². The highest BCUT2D eigenvalue weighted by molar-refractivity contribution is 5.94. The molecule has 3 N–H and O–H groups in total. The van der Waals surface area contributed by atoms with Crippen LogP contribution in [0.5, 0.6) is 5.75 Å². The summed E-state index contributed by atoms with van der Waals surface area (Å²) in [7, 11) is 2.15. The molecule has 1 atom stereocenters. The van der Waals surface area contributed by atoms with Crippen molar-refractivity contribution in [1.29, 1.82) is 0 Å². The third-order valence-corrected chi connectivity index (χ3v) is 5.85. The van der Waals surface area contributed by atoms with Crippen molar-refractivity contribution in [2.24, 2.45) is 5.73 Å². The van der Waals surface area contributed by atoms with Crippen LogP contribution in [0.2, 0.25) is 0 Å². The Balaban J connectivity index is 0.00000225. The average Bonchev–Trinajstić information content (AvgIpc) is 2.70. The first-order valence-corrected chi connectivity index (χ1v) is 9.65. The lowest BCUT2D eigenvalue weighted by Crippen LogP contribution is -2.51. The molecule has 4 rings (SSSR count). The number of nitrogens with zero attached hydrogens (tertiary/aromatic N) is 1. The van der Waals surface area contributed by atoms with E-state index >= 15 is 0 Å². The van der Waals surface area contributed by atoms with Crippen LogP contribution in [0.1, 0.15) is 46.8 Å². The van der Waals surface area contributed by atoms with Crippen molar-refractivity contribution in [3.8, 4) is 5.75 Å². The summed E-state index contributed by atoms with van der Waals surface area (Å²) in [5, 5.41) is 3.25. The normalized spacial score (nSPS) is 20.6. The highest BCUT2D eigenvalue weighted by atomic mass is 35.5. The number of nitrogens with one attached hydrogen (secondary N) is 1. The van der Waals surface area contributed by atoms with Crippen LogP contribution in [0, 0.1) is 0 Å². The summed E-state index contributed by atoms with van der Waals surface area (Å²) in [5.74, 6) is 0.848. The maximum Gasteiger partial charge on any atom is 0.251 e. The van der Waals surface area contributed by atoms with Crippen molar-refractivity contribution in [2.45, 2.75) is 37.5 Å². The highest BCUT2D eigenvalue weighted by Gasteiger charge is 2.43. The predicted molar refractivity (Wildman–Crippen MR) is 113 cm³/mol. The maximum absolute atomic E-state index is 12.9. The number of amides is 1. The number of carbonyl (C=O) groups is 1. The third kappa shape index (κ3) is 4.17. The first-order chi connectivity index (χ1) is 13.1. The fraction of sp³-hybridized carbons (Fsp3) is 0.409. The number of nitrogens with two attached hydrogens (primary N) is 1. The summed E-state index contributed by atoms with van der Waals surface area (Å²) in [6.07, 6.45) is 2.77. The van der Waals surface area contributed by atoms with Crippen molar-refractivity contribution in [1.82, 2.24) is 10.2 Å². The van der Waals surface area contributed by atoms with Crippen LogP contribution in [0.15, 0.2) is 48.5 Å². The van der Waals surface area contributed by atoms with Gasteiger partial charge in [0.1, 0.15) is 11.4 Å². The number of ether oxygens (including phenoxy) is 1. The largest absolute Gasteiger partial charge is 0.487 e. The Bertz CT molecular complexity index is 817. The lowest BCUT2D eigenvalue weighted by Gasteiger charge is -2.46. The molecule has 1 spiro atoms. The second-order valence-corrected chi connectivity index (χ2v) is 7.76. The zero-order chi connectivity index (χ0) is 18.9. The van der Waals surface area contributed by atoms with Gasteiger partial charge in [-0.15, -0.1) is 12.4 Å². The number of carbonyl (C=O) groups excluding carboxylic acids is 1. The molecule has 1 saturated heterocycles. The quantitative estimate of drug-likeness (QED) is 0.828. The molecule has 1 unspecified atom stereocenters. The van der Waals surface area contributed by atoms with Crippen LogP contribution in [0.25, 0.3) is 0 Å². The summed E-state index contributed by atoms with van der Waals surface area (Å²) in [6.45, 7) is 2.51. The van der Waals surface area contributed by atoms with Crippen LogP contribution in [0.3, 0.4) is 0 Å². The molecule has 0 saturated carbocycles. The first-order valence-electron chi connectivity index (χ1n) is 9.65. The highest BCUT2D eigenvalue weighted by Crippen LogP contribution is 2.44. The molecule has 2 heterocycles. The zero-order valence-electron chi connectivity index (χ0n) is 16.2. The van der Waals surface area contributed by atoms with Gasteiger partial charge in [-0.3, -0.25) is 4.79 Å². The van der Waals surface area contributed by atoms with Gasteiger partial charge in [-0.25, -0.2) is 0 Å². The van der Waals surface area contributed by atoms with Gasteiger partial charge in [-0.2, -0.15) is 0 Å². The van der Waals surface area contributed by atoms with E-state index in [9.17, 15) is 4.79 Å². The van der Waals surface area contributed by atoms with E-state index in [4.69, 9.17) is 10.5 Å². The Morgan fingerprint density at radius 3 is 2.54 bits per heavy atom. The number of hydrogen-bond donors (Lipinski definition) is 2. The van der Waals surface area contributed by atoms with Gasteiger partial charge < -0.3 is 20.7 Å². The molecule has 0 radical (unpaired) electrons. The van der Waals surface area contributed by atoms with Crippen LogP contribution in [-0.4, -0.2) is 36.5 Å². The van der Waals surface area contributed by atoms with Crippen molar-refractivity contribution in [3.05, 3.63) is 65.2 Å². The van der Waals surface area contributed by atoms with E-state index in [-0.39, 0.29) is 30.0 Å². The Morgan fingerprint density at radius 2 is 1.86 bits per heavy atom. The van der Waals surface area contributed by atoms with Crippen LogP contribution in [-0.2, 0) is 6.54 Å². The molecular formula is C22H28ClN3O2. The van der Waals surface area contributed by atoms with Crippen molar-refractivity contribution in [2.75, 3.05) is 20.1 Å². The van der Waals surface area contributed by atoms with E-state index in [1.54, 1.807) is 0 Å². The molecular weight excluding hydrogens is 374 g/mol. The topological polar surface area (TPSA) is 67.6 Å². The summed E-state index contributed by atoms with van der Waals surface area (Å²) in [4.78, 5) is 15.2. The molecule has 0 aliphatic carbocycles. The molecule has 2 aromatic carbocycles. The van der Waals surface area contributed by atoms with E-state index in [0.717, 1.165) is 49.2 Å². The minimum atomic E-state index is -0.192. The summed E-state index contributed by atoms with van der Waals surface area (Å²) >= 11 is 0. The van der Waals surface area contributed by atoms with Gasteiger partial charge in [-0.05, 0) is 43.7 Å². The van der Waals surface area contributed by atoms with Crippen molar-refractivity contribution in [3.63, 3.8) is 0 Å². The fourth-order valence-electron chi connectivity index (χ4n) is 4.11. The predicted octanol–water partition coefficient (Wildman–Crippen LogP) is 3.29.